The second-order valence-electron chi connectivity index (χ2n) is 8.20. The number of hydrogen-bond acceptors (Lipinski definition) is 6. The number of carbonyl (C=O) groups excluding carboxylic acids is 3. The summed E-state index contributed by atoms with van der Waals surface area (Å²) in [6.45, 7) is 9.38. The number of rotatable bonds is 9. The molecule has 184 valence electrons. The summed E-state index contributed by atoms with van der Waals surface area (Å²) in [4.78, 5) is 36.4. The molecule has 0 saturated carbocycles. The number of hydrogen-bond donors (Lipinski definition) is 0. The molecule has 7 heteroatoms. The second-order valence-corrected chi connectivity index (χ2v) is 8.20. The number of morpholine rings is 1. The third-order valence-electron chi connectivity index (χ3n) is 6.02. The van der Waals surface area contributed by atoms with Gasteiger partial charge in [-0.25, -0.2) is 0 Å². The van der Waals surface area contributed by atoms with E-state index in [0.29, 0.717) is 30.9 Å². The third kappa shape index (κ3) is 6.52. The van der Waals surface area contributed by atoms with E-state index in [0.717, 1.165) is 56.7 Å². The third-order valence-corrected chi connectivity index (χ3v) is 6.02. The van der Waals surface area contributed by atoms with Gasteiger partial charge >= 0.3 is 0 Å². The number of aldehydes is 1. The molecule has 0 spiro atoms. The molecule has 0 aromatic heterocycles. The van der Waals surface area contributed by atoms with Gasteiger partial charge < -0.3 is 24.0 Å². The van der Waals surface area contributed by atoms with Crippen molar-refractivity contribution in [1.82, 2.24) is 9.80 Å². The van der Waals surface area contributed by atoms with E-state index in [2.05, 4.69) is 29.2 Å². The lowest BCUT2D eigenvalue weighted by molar-refractivity contribution is -0.112. The molecule has 1 saturated heterocycles. The summed E-state index contributed by atoms with van der Waals surface area (Å²) in [6.07, 6.45) is 2.41. The zero-order valence-electron chi connectivity index (χ0n) is 19.2. The molecule has 34 heavy (non-hydrogen) atoms. The Morgan fingerprint density at radius 3 is 2.41 bits per heavy atom. The molecule has 1 fully saturated rings. The van der Waals surface area contributed by atoms with Gasteiger partial charge in [-0.15, -0.1) is 0 Å². The minimum atomic E-state index is -0.378. The summed E-state index contributed by atoms with van der Waals surface area (Å²) in [7, 11) is 0. The Morgan fingerprint density at radius 1 is 1.09 bits per heavy atom. The highest BCUT2D eigenvalue weighted by atomic mass is 16.5. The van der Waals surface area contributed by atoms with Crippen LogP contribution in [-0.2, 0) is 34.0 Å². The monoisotopic (exact) mass is 468 g/mol. The highest BCUT2D eigenvalue weighted by molar-refractivity contribution is 6.00. The van der Waals surface area contributed by atoms with Crippen molar-refractivity contribution in [1.29, 1.82) is 0 Å². The van der Waals surface area contributed by atoms with Crippen molar-refractivity contribution in [3.63, 3.8) is 0 Å². The lowest BCUT2D eigenvalue weighted by Crippen LogP contribution is -2.36. The van der Waals surface area contributed by atoms with Crippen LogP contribution in [0.5, 0.6) is 5.75 Å². The molecule has 2 aromatic carbocycles. The molecule has 1 unspecified atom stereocenters. The Labute approximate surface area is 202 Å². The fourth-order valence-corrected chi connectivity index (χ4v) is 4.24. The van der Waals surface area contributed by atoms with Crippen LogP contribution in [0.1, 0.15) is 54.2 Å². The molecule has 0 N–H and O–H groups in total. The molecule has 0 aliphatic carbocycles. The van der Waals surface area contributed by atoms with E-state index < -0.39 is 0 Å². The van der Waals surface area contributed by atoms with Gasteiger partial charge in [0.25, 0.3) is 5.91 Å². The number of carbonyl (C=O) groups is 3. The smallest absolute Gasteiger partial charge is 0.255 e. The van der Waals surface area contributed by atoms with Crippen molar-refractivity contribution in [2.24, 2.45) is 0 Å². The summed E-state index contributed by atoms with van der Waals surface area (Å²) in [5.41, 5.74) is 3.88. The molecule has 2 aliphatic heterocycles. The normalized spacial score (nSPS) is 16.0. The number of benzene rings is 2. The number of fused-ring (bicyclic) bond motifs is 1. The zero-order valence-corrected chi connectivity index (χ0v) is 19.2. The van der Waals surface area contributed by atoms with Gasteiger partial charge in [-0.2, -0.15) is 0 Å². The predicted octanol–water partition coefficient (Wildman–Crippen LogP) is 3.87. The first-order chi connectivity index (χ1) is 16.2. The Balaban J connectivity index is 0.00000133. The summed E-state index contributed by atoms with van der Waals surface area (Å²) < 4.78 is 11.5. The fourth-order valence-electron chi connectivity index (χ4n) is 4.24. The fraction of sp³-hybridized carbons (Fsp3) is 0.444. The highest BCUT2D eigenvalue weighted by Gasteiger charge is 2.34. The maximum absolute atomic E-state index is 12.8. The molecule has 1 atom stereocenters. The summed E-state index contributed by atoms with van der Waals surface area (Å²) in [5, 5.41) is 0. The van der Waals surface area contributed by atoms with Crippen LogP contribution in [0.15, 0.2) is 42.5 Å². The van der Waals surface area contributed by atoms with E-state index in [4.69, 9.17) is 14.3 Å². The van der Waals surface area contributed by atoms with Crippen LogP contribution >= 0.6 is 0 Å². The van der Waals surface area contributed by atoms with E-state index in [1.165, 1.54) is 5.56 Å². The van der Waals surface area contributed by atoms with E-state index in [1.54, 1.807) is 4.90 Å². The number of amides is 1. The topological polar surface area (TPSA) is 76.2 Å². The molecule has 0 radical (unpaired) electrons. The first-order valence-electron chi connectivity index (χ1n) is 11.4. The van der Waals surface area contributed by atoms with E-state index in [-0.39, 0.29) is 19.4 Å². The van der Waals surface area contributed by atoms with Gasteiger partial charge in [-0.05, 0) is 29.7 Å². The van der Waals surface area contributed by atoms with Crippen molar-refractivity contribution < 1.29 is 23.9 Å². The van der Waals surface area contributed by atoms with Crippen molar-refractivity contribution in [2.45, 2.75) is 52.9 Å². The first-order valence-corrected chi connectivity index (χ1v) is 11.4. The Hall–Kier alpha value is -3.03. The highest BCUT2D eigenvalue weighted by Crippen LogP contribution is 2.33. The largest absolute Gasteiger partial charge is 0.489 e. The number of ether oxygens (including phenoxy) is 2. The van der Waals surface area contributed by atoms with Gasteiger partial charge in [0.05, 0.1) is 25.8 Å². The summed E-state index contributed by atoms with van der Waals surface area (Å²) >= 11 is 0. The molecule has 1 amide bonds. The first kappa shape index (κ1) is 27.2. The van der Waals surface area contributed by atoms with Gasteiger partial charge in [-0.1, -0.05) is 51.1 Å². The molecular formula is C27H36N2O5. The maximum atomic E-state index is 12.8. The molecule has 2 aromatic rings. The zero-order chi connectivity index (χ0) is 23.6. The minimum absolute atomic E-state index is 0. The molecule has 4 rings (SSSR count). The van der Waals surface area contributed by atoms with Crippen molar-refractivity contribution in [3.8, 4) is 5.75 Å². The lowest BCUT2D eigenvalue weighted by atomic mass is 10.1. The Bertz CT molecular complexity index is 925. The molecule has 7 nitrogen and oxygen atoms in total. The van der Waals surface area contributed by atoms with Gasteiger partial charge in [0.2, 0.25) is 0 Å². The quantitative estimate of drug-likeness (QED) is 0.520. The van der Waals surface area contributed by atoms with Crippen LogP contribution in [0.2, 0.25) is 0 Å². The van der Waals surface area contributed by atoms with Crippen LogP contribution in [0.4, 0.5) is 0 Å². The van der Waals surface area contributed by atoms with E-state index in [1.807, 2.05) is 31.9 Å². The Kier molecular flexibility index (Phi) is 10.9. The SMILES string of the molecule is C.C=O.CCCC(C=O)N1Cc2c(OCc3ccc(CN4CCOCC4)cc3)cccc2C1=O. The predicted molar refractivity (Wildman–Crippen MR) is 132 cm³/mol. The van der Waals surface area contributed by atoms with Crippen LogP contribution in [-0.4, -0.2) is 61.1 Å². The Morgan fingerprint density at radius 2 is 1.76 bits per heavy atom. The summed E-state index contributed by atoms with van der Waals surface area (Å²) in [5.74, 6) is 0.630. The van der Waals surface area contributed by atoms with Crippen LogP contribution in [0, 0.1) is 0 Å². The van der Waals surface area contributed by atoms with Crippen LogP contribution in [0.3, 0.4) is 0 Å². The average molecular weight is 469 g/mol. The van der Waals surface area contributed by atoms with Gasteiger partial charge in [0.1, 0.15) is 25.4 Å². The lowest BCUT2D eigenvalue weighted by Gasteiger charge is -2.26. The second kappa shape index (κ2) is 13.6. The van der Waals surface area contributed by atoms with Crippen molar-refractivity contribution in [2.75, 3.05) is 26.3 Å². The molecule has 0 bridgehead atoms. The molecular weight excluding hydrogens is 432 g/mol. The van der Waals surface area contributed by atoms with Crippen molar-refractivity contribution >= 4 is 19.0 Å². The standard InChI is InChI=1S/C25H30N2O4.CH2O.CH4/c1-2-4-21(17-28)27-16-23-22(25(27)29)5-3-6-24(23)31-18-20-9-7-19(8-10-20)15-26-11-13-30-14-12-26;1-2;/h3,5-10,17,21H,2,4,11-16,18H2,1H3;1H2;1H4. The van der Waals surface area contributed by atoms with Gasteiger partial charge in [0.15, 0.2) is 0 Å². The van der Waals surface area contributed by atoms with E-state index in [9.17, 15) is 9.59 Å². The van der Waals surface area contributed by atoms with E-state index >= 15 is 0 Å². The maximum Gasteiger partial charge on any atom is 0.255 e. The minimum Gasteiger partial charge on any atom is -0.489 e. The van der Waals surface area contributed by atoms with Gasteiger partial charge in [0, 0.05) is 30.8 Å². The molecule has 2 aliphatic rings. The number of nitrogens with zero attached hydrogens (tertiary/aromatic N) is 2. The van der Waals surface area contributed by atoms with Crippen LogP contribution in [0.25, 0.3) is 0 Å². The van der Waals surface area contributed by atoms with Crippen LogP contribution < -0.4 is 4.74 Å². The average Bonchev–Trinajstić information content (AvgIpc) is 3.21. The molecule has 2 heterocycles. The van der Waals surface area contributed by atoms with Crippen molar-refractivity contribution in [3.05, 3.63) is 64.7 Å². The summed E-state index contributed by atoms with van der Waals surface area (Å²) in [6, 6.07) is 13.7. The van der Waals surface area contributed by atoms with Gasteiger partial charge in [-0.3, -0.25) is 9.69 Å².